The summed E-state index contributed by atoms with van der Waals surface area (Å²) in [6, 6.07) is 9.52. The van der Waals surface area contributed by atoms with E-state index < -0.39 is 23.7 Å². The van der Waals surface area contributed by atoms with Gasteiger partial charge in [0.2, 0.25) is 5.91 Å². The summed E-state index contributed by atoms with van der Waals surface area (Å²) in [6.45, 7) is 6.37. The third-order valence-electron chi connectivity index (χ3n) is 5.00. The highest BCUT2D eigenvalue weighted by Gasteiger charge is 2.35. The van der Waals surface area contributed by atoms with Crippen LogP contribution in [0.3, 0.4) is 0 Å². The molecule has 3 rings (SSSR count). The number of halogens is 1. The van der Waals surface area contributed by atoms with Gasteiger partial charge in [-0.1, -0.05) is 13.8 Å². The van der Waals surface area contributed by atoms with Crippen LogP contribution in [0.5, 0.6) is 0 Å². The van der Waals surface area contributed by atoms with E-state index in [1.54, 1.807) is 25.1 Å². The van der Waals surface area contributed by atoms with Crippen molar-refractivity contribution in [3.05, 3.63) is 59.4 Å². The number of rotatable bonds is 7. The van der Waals surface area contributed by atoms with Crippen molar-refractivity contribution in [2.24, 2.45) is 16.8 Å². The molecule has 1 aliphatic heterocycles. The highest BCUT2D eigenvalue weighted by molar-refractivity contribution is 6.44. The average Bonchev–Trinajstić information content (AvgIpc) is 3.20. The fourth-order valence-electron chi connectivity index (χ4n) is 3.24. The number of hydrazone groups is 1. The van der Waals surface area contributed by atoms with Gasteiger partial charge in [-0.05, 0) is 60.9 Å². The number of primary amides is 1. The van der Waals surface area contributed by atoms with Crippen molar-refractivity contribution in [3.8, 4) is 0 Å². The topological polar surface area (TPSA) is 117 Å². The van der Waals surface area contributed by atoms with Crippen LogP contribution in [0.2, 0.25) is 0 Å². The Morgan fingerprint density at radius 1 is 1.16 bits per heavy atom. The molecule has 168 valence electrons. The van der Waals surface area contributed by atoms with Gasteiger partial charge in [0.1, 0.15) is 17.6 Å². The molecule has 0 bridgehead atoms. The van der Waals surface area contributed by atoms with Crippen LogP contribution in [0.15, 0.2) is 47.6 Å². The summed E-state index contributed by atoms with van der Waals surface area (Å²) in [6.07, 6.45) is 0.0211. The van der Waals surface area contributed by atoms with Crippen molar-refractivity contribution in [2.45, 2.75) is 33.2 Å². The molecule has 3 amide bonds. The predicted octanol–water partition coefficient (Wildman–Crippen LogP) is 2.58. The number of carbonyl (C=O) groups is 3. The summed E-state index contributed by atoms with van der Waals surface area (Å²) in [7, 11) is 0. The normalized spacial score (nSPS) is 15.5. The molecule has 1 heterocycles. The largest absolute Gasteiger partial charge is 0.368 e. The monoisotopic (exact) mass is 439 g/mol. The molecule has 0 fully saturated rings. The average molecular weight is 439 g/mol. The first-order valence-corrected chi connectivity index (χ1v) is 10.3. The zero-order valence-electron chi connectivity index (χ0n) is 18.2. The van der Waals surface area contributed by atoms with Gasteiger partial charge >= 0.3 is 0 Å². The van der Waals surface area contributed by atoms with Crippen LogP contribution in [0, 0.1) is 18.7 Å². The number of benzene rings is 2. The molecule has 4 N–H and O–H groups in total. The molecule has 8 nitrogen and oxygen atoms in total. The van der Waals surface area contributed by atoms with E-state index in [1.165, 1.54) is 29.3 Å². The number of aryl methyl sites for hydroxylation is 1. The van der Waals surface area contributed by atoms with Gasteiger partial charge in [-0.15, -0.1) is 0 Å². The van der Waals surface area contributed by atoms with Gasteiger partial charge in [0.25, 0.3) is 11.8 Å². The second-order valence-electron chi connectivity index (χ2n) is 8.08. The number of amides is 3. The van der Waals surface area contributed by atoms with Gasteiger partial charge in [0, 0.05) is 24.2 Å². The van der Waals surface area contributed by atoms with Gasteiger partial charge in [-0.25, -0.2) is 4.39 Å². The summed E-state index contributed by atoms with van der Waals surface area (Å²) in [5.74, 6) is -1.40. The summed E-state index contributed by atoms with van der Waals surface area (Å²) >= 11 is 0. The quantitative estimate of drug-likeness (QED) is 0.615. The molecular weight excluding hydrogens is 413 g/mol. The smallest absolute Gasteiger partial charge is 0.271 e. The Balaban J connectivity index is 1.74. The highest BCUT2D eigenvalue weighted by Crippen LogP contribution is 2.26. The van der Waals surface area contributed by atoms with E-state index >= 15 is 0 Å². The van der Waals surface area contributed by atoms with E-state index in [1.807, 2.05) is 13.8 Å². The fourth-order valence-corrected chi connectivity index (χ4v) is 3.24. The van der Waals surface area contributed by atoms with Crippen LogP contribution in [0.25, 0.3) is 0 Å². The van der Waals surface area contributed by atoms with E-state index in [0.29, 0.717) is 35.0 Å². The zero-order valence-corrected chi connectivity index (χ0v) is 18.2. The van der Waals surface area contributed by atoms with Crippen molar-refractivity contribution >= 4 is 34.8 Å². The van der Waals surface area contributed by atoms with Crippen LogP contribution in [0.4, 0.5) is 15.8 Å². The molecule has 0 aromatic heterocycles. The Bertz CT molecular complexity index is 1070. The first-order valence-electron chi connectivity index (χ1n) is 10.3. The Morgan fingerprint density at radius 3 is 2.44 bits per heavy atom. The molecule has 0 radical (unpaired) electrons. The Kier molecular flexibility index (Phi) is 6.87. The maximum Gasteiger partial charge on any atom is 0.271 e. The van der Waals surface area contributed by atoms with Crippen molar-refractivity contribution in [1.82, 2.24) is 5.32 Å². The third-order valence-corrected chi connectivity index (χ3v) is 5.00. The van der Waals surface area contributed by atoms with E-state index in [0.717, 1.165) is 0 Å². The second kappa shape index (κ2) is 9.59. The maximum atomic E-state index is 13.2. The lowest BCUT2D eigenvalue weighted by atomic mass is 10.1. The summed E-state index contributed by atoms with van der Waals surface area (Å²) < 4.78 is 13.2. The molecule has 0 saturated carbocycles. The molecule has 0 spiro atoms. The summed E-state index contributed by atoms with van der Waals surface area (Å²) in [5.41, 5.74) is 7.78. The molecule has 0 aliphatic carbocycles. The van der Waals surface area contributed by atoms with E-state index in [4.69, 9.17) is 5.73 Å². The van der Waals surface area contributed by atoms with E-state index in [-0.39, 0.29) is 18.0 Å². The lowest BCUT2D eigenvalue weighted by Crippen LogP contribution is -2.39. The van der Waals surface area contributed by atoms with E-state index in [2.05, 4.69) is 15.7 Å². The molecule has 1 unspecified atom stereocenters. The number of carbonyl (C=O) groups excluding carboxylic acids is 3. The molecule has 0 saturated heterocycles. The molecule has 1 aliphatic rings. The Hall–Kier alpha value is -3.75. The minimum Gasteiger partial charge on any atom is -0.368 e. The first-order chi connectivity index (χ1) is 15.2. The van der Waals surface area contributed by atoms with E-state index in [9.17, 15) is 18.8 Å². The molecule has 1 atom stereocenters. The zero-order chi connectivity index (χ0) is 23.4. The number of anilines is 2. The molecule has 9 heteroatoms. The van der Waals surface area contributed by atoms with Gasteiger partial charge in [0.15, 0.2) is 0 Å². The van der Waals surface area contributed by atoms with Gasteiger partial charge in [-0.2, -0.15) is 5.10 Å². The molecule has 2 aromatic carbocycles. The Morgan fingerprint density at radius 2 is 1.84 bits per heavy atom. The third kappa shape index (κ3) is 5.29. The second-order valence-corrected chi connectivity index (χ2v) is 8.08. The molecular formula is C23H26FN5O3. The summed E-state index contributed by atoms with van der Waals surface area (Å²) in [4.78, 5) is 36.9. The van der Waals surface area contributed by atoms with Crippen LogP contribution >= 0.6 is 0 Å². The van der Waals surface area contributed by atoms with Gasteiger partial charge in [0.05, 0.1) is 5.69 Å². The van der Waals surface area contributed by atoms with Crippen LogP contribution < -0.4 is 21.4 Å². The Labute approximate surface area is 185 Å². The number of nitrogens with zero attached hydrogens (tertiary/aromatic N) is 2. The molecule has 2 aromatic rings. The maximum absolute atomic E-state index is 13.2. The van der Waals surface area contributed by atoms with Crippen molar-refractivity contribution in [3.63, 3.8) is 0 Å². The number of hydrogen-bond donors (Lipinski definition) is 3. The standard InChI is InChI=1S/C23H26FN5O3/c1-13(2)12-26-22(31)15-4-9-18(14(3)10-15)27-23(32)19-11-20(21(25)30)29(28-19)17-7-5-16(24)6-8-17/h4-10,13,20H,11-12H2,1-3H3,(H2,25,30)(H,26,31)(H,27,32). The minimum atomic E-state index is -0.852. The lowest BCUT2D eigenvalue weighted by molar-refractivity contribution is -0.119. The minimum absolute atomic E-state index is 0.0211. The highest BCUT2D eigenvalue weighted by atomic mass is 19.1. The van der Waals surface area contributed by atoms with Crippen molar-refractivity contribution in [2.75, 3.05) is 16.9 Å². The van der Waals surface area contributed by atoms with Crippen LogP contribution in [0.1, 0.15) is 36.2 Å². The van der Waals surface area contributed by atoms with Crippen molar-refractivity contribution in [1.29, 1.82) is 0 Å². The van der Waals surface area contributed by atoms with Crippen molar-refractivity contribution < 1.29 is 18.8 Å². The van der Waals surface area contributed by atoms with Crippen LogP contribution in [-0.4, -0.2) is 36.0 Å². The number of nitrogens with one attached hydrogen (secondary N) is 2. The fraction of sp³-hybridized carbons (Fsp3) is 0.304. The molecule has 32 heavy (non-hydrogen) atoms. The van der Waals surface area contributed by atoms with Gasteiger partial charge in [-0.3, -0.25) is 19.4 Å². The van der Waals surface area contributed by atoms with Gasteiger partial charge < -0.3 is 16.4 Å². The number of hydrogen-bond acceptors (Lipinski definition) is 5. The summed E-state index contributed by atoms with van der Waals surface area (Å²) in [5, 5.41) is 11.2. The SMILES string of the molecule is Cc1cc(C(=O)NCC(C)C)ccc1NC(=O)C1=NN(c2ccc(F)cc2)C(C(N)=O)C1. The predicted molar refractivity (Wildman–Crippen MR) is 121 cm³/mol. The first kappa shape index (κ1) is 22.9. The number of nitrogens with two attached hydrogens (primary N) is 1. The lowest BCUT2D eigenvalue weighted by Gasteiger charge is -2.20. The van der Waals surface area contributed by atoms with Crippen LogP contribution in [-0.2, 0) is 9.59 Å².